The van der Waals surface area contributed by atoms with Gasteiger partial charge in [0.15, 0.2) is 17.3 Å². The summed E-state index contributed by atoms with van der Waals surface area (Å²) in [4.78, 5) is 12.4. The van der Waals surface area contributed by atoms with Crippen molar-refractivity contribution < 1.29 is 107 Å². The highest BCUT2D eigenvalue weighted by Crippen LogP contribution is 2.43. The summed E-state index contributed by atoms with van der Waals surface area (Å²) in [6, 6.07) is 46.8. The first-order valence-corrected chi connectivity index (χ1v) is 39.2. The molecule has 0 amide bonds. The Morgan fingerprint density at radius 2 is 0.750 bits per heavy atom. The van der Waals surface area contributed by atoms with E-state index >= 15 is 0 Å². The first-order chi connectivity index (χ1) is 46.7. The van der Waals surface area contributed by atoms with E-state index in [9.17, 15) is 63.7 Å². The molecular formula is C60H62N8O25S7. The first kappa shape index (κ1) is 74.8. The minimum absolute atomic E-state index is 0.0127. The molecule has 4 aliphatic rings. The summed E-state index contributed by atoms with van der Waals surface area (Å²) in [6.45, 7) is 0. The Kier molecular flexibility index (Phi) is 22.9. The van der Waals surface area contributed by atoms with Crippen molar-refractivity contribution >= 4 is 83.6 Å². The fraction of sp³-hybridized carbons (Fsp3) is 0.183. The maximum Gasteiger partial charge on any atom is 0.380 e. The molecule has 33 nitrogen and oxygen atoms in total. The molecule has 0 radical (unpaired) electrons. The number of aryl methyl sites for hydroxylation is 3. The maximum atomic E-state index is 12.4. The molecule has 0 saturated heterocycles. The van der Waals surface area contributed by atoms with Gasteiger partial charge in [-0.25, -0.2) is 0 Å². The standard InChI is InChI=1S/C15H17N3O6S2.C15H14N2O8S2.C15H16N2O7S2.C15H15NO4S/c16-25(19,20)23-12-5-1-10(2-6-12)14-8-4-11-3-7-13(9-15(11)18-14)24-26(17,21)22;16-26(19,20)24-10-3-1-2-9(6-10)14-8-13(18)12-5-4-11(7-15(12)23-14)25-27(17,21)22;16-25(18,19)23-11-7-5-10-6-8-13(22-15(10)9-11)12-3-1-2-4-14(12)24-26(17,20)21;16-21(17,18)20-15-8-4-2-6-12(15)14-10-9-11-5-1-3-7-13(11)19-14/h1-3,5-7,9,14,18H,4,8H2,(H2,16,19,20)(H2,17,21,22);1-7,14H,8H2,(H2,16,19,20)(H2,17,21,22);1-5,7,9,13H,6,8H2,(H2,16,18,19)(H2,17,20,21);1-8,14H,9-10H2,(H2,16,17,18). The summed E-state index contributed by atoms with van der Waals surface area (Å²) >= 11 is 0. The van der Waals surface area contributed by atoms with Crippen molar-refractivity contribution in [3.05, 3.63) is 220 Å². The molecule has 4 unspecified atom stereocenters. The van der Waals surface area contributed by atoms with Gasteiger partial charge >= 0.3 is 72.1 Å². The predicted molar refractivity (Wildman–Crippen MR) is 358 cm³/mol. The van der Waals surface area contributed by atoms with Crippen LogP contribution in [-0.2, 0) is 91.4 Å². The smallest absolute Gasteiger partial charge is 0.380 e. The highest BCUT2D eigenvalue weighted by molar-refractivity contribution is 7.86. The summed E-state index contributed by atoms with van der Waals surface area (Å²) in [7, 11) is -29.0. The molecule has 0 fully saturated rings. The number of anilines is 1. The molecule has 0 aromatic heterocycles. The fourth-order valence-corrected chi connectivity index (χ4v) is 13.2. The minimum atomic E-state index is -4.23. The van der Waals surface area contributed by atoms with Gasteiger partial charge in [-0.2, -0.15) is 94.9 Å². The number of Topliss-reactive ketones (excluding diaryl/α,β-unsaturated/α-hetero) is 1. The molecule has 0 saturated carbocycles. The summed E-state index contributed by atoms with van der Waals surface area (Å²) in [5.41, 5.74) is 6.59. The average Bonchev–Trinajstić information content (AvgIpc) is 0.811. The SMILES string of the molecule is NS(=O)(=O)Oc1ccc(C2CCc3ccc(OS(N)(=O)=O)cc3N2)cc1.NS(=O)(=O)Oc1ccc2c(c1)OC(c1ccccc1OS(N)(=O)=O)CC2.NS(=O)(=O)Oc1cccc(C2CC(=O)c3ccc(OS(N)(=O)=O)cc3O2)c1.NS(=O)(=O)Oc1ccccc1C1CCc2ccccc2O1. The van der Waals surface area contributed by atoms with Gasteiger partial charge in [0.25, 0.3) is 0 Å². The number of carbonyl (C=O) groups excluding carboxylic acids is 1. The number of benzene rings is 8. The van der Waals surface area contributed by atoms with E-state index in [-0.39, 0.29) is 75.9 Å². The van der Waals surface area contributed by atoms with Crippen molar-refractivity contribution in [2.75, 3.05) is 5.32 Å². The third-order valence-electron chi connectivity index (χ3n) is 14.4. The van der Waals surface area contributed by atoms with Crippen molar-refractivity contribution in [1.29, 1.82) is 0 Å². The number of hydrogen-bond donors (Lipinski definition) is 8. The second-order valence-corrected chi connectivity index (χ2v) is 29.9. The molecule has 0 spiro atoms. The molecule has 8 aromatic carbocycles. The Bertz CT molecular complexity index is 5220. The van der Waals surface area contributed by atoms with Crippen LogP contribution >= 0.6 is 0 Å². The summed E-state index contributed by atoms with van der Waals surface area (Å²) in [6.07, 6.45) is 2.86. The quantitative estimate of drug-likeness (QED) is 0.0574. The Morgan fingerprint density at radius 3 is 1.29 bits per heavy atom. The second kappa shape index (κ2) is 30.6. The summed E-state index contributed by atoms with van der Waals surface area (Å²) in [5.74, 6) is 1.47. The van der Waals surface area contributed by atoms with E-state index in [1.165, 1.54) is 66.7 Å². The average molecular weight is 1520 g/mol. The van der Waals surface area contributed by atoms with Crippen LogP contribution in [0.4, 0.5) is 5.69 Å². The molecule has 4 aliphatic heterocycles. The number of nitrogens with two attached hydrogens (primary N) is 7. The van der Waals surface area contributed by atoms with Crippen LogP contribution in [0.2, 0.25) is 0 Å². The fourth-order valence-electron chi connectivity index (χ4n) is 10.6. The zero-order chi connectivity index (χ0) is 72.6. The first-order valence-electron chi connectivity index (χ1n) is 28.9. The largest absolute Gasteiger partial charge is 0.485 e. The lowest BCUT2D eigenvalue weighted by Crippen LogP contribution is -2.22. The van der Waals surface area contributed by atoms with Crippen molar-refractivity contribution in [1.82, 2.24) is 0 Å². The third kappa shape index (κ3) is 22.8. The van der Waals surface area contributed by atoms with Gasteiger partial charge in [-0.3, -0.25) is 4.79 Å². The van der Waals surface area contributed by atoms with Crippen molar-refractivity contribution in [2.24, 2.45) is 36.0 Å². The number of carbonyl (C=O) groups is 1. The van der Waals surface area contributed by atoms with E-state index in [4.69, 9.17) is 62.7 Å². The van der Waals surface area contributed by atoms with Crippen LogP contribution in [0.3, 0.4) is 0 Å². The van der Waals surface area contributed by atoms with Crippen molar-refractivity contribution in [2.45, 2.75) is 69.3 Å². The number of ether oxygens (including phenoxy) is 3. The zero-order valence-corrected chi connectivity index (χ0v) is 57.3. The molecule has 100 heavy (non-hydrogen) atoms. The molecule has 0 aliphatic carbocycles. The summed E-state index contributed by atoms with van der Waals surface area (Å²) in [5, 5.41) is 37.5. The highest BCUT2D eigenvalue weighted by Gasteiger charge is 2.31. The van der Waals surface area contributed by atoms with Crippen LogP contribution in [0.1, 0.15) is 99.3 Å². The Labute approximate surface area is 575 Å². The molecule has 4 atom stereocenters. The van der Waals surface area contributed by atoms with Gasteiger partial charge in [-0.15, -0.1) is 0 Å². The van der Waals surface area contributed by atoms with Crippen LogP contribution < -0.4 is 84.8 Å². The van der Waals surface area contributed by atoms with E-state index in [0.29, 0.717) is 35.3 Å². The van der Waals surface area contributed by atoms with E-state index in [1.807, 2.05) is 30.3 Å². The highest BCUT2D eigenvalue weighted by atomic mass is 32.3. The normalized spacial score (nSPS) is 17.2. The van der Waals surface area contributed by atoms with E-state index in [0.717, 1.165) is 59.4 Å². The third-order valence-corrected chi connectivity index (χ3v) is 17.4. The lowest BCUT2D eigenvalue weighted by molar-refractivity contribution is 0.0849. The van der Waals surface area contributed by atoms with Crippen molar-refractivity contribution in [3.8, 4) is 57.5 Å². The van der Waals surface area contributed by atoms with Gasteiger partial charge in [-0.1, -0.05) is 91.0 Å². The topological polar surface area (TPSA) is 543 Å². The summed E-state index contributed by atoms with van der Waals surface area (Å²) < 4.78 is 205. The van der Waals surface area contributed by atoms with Crippen LogP contribution in [0.25, 0.3) is 0 Å². The molecule has 40 heteroatoms. The lowest BCUT2D eigenvalue weighted by atomic mass is 9.93. The molecule has 12 rings (SSSR count). The predicted octanol–water partition coefficient (Wildman–Crippen LogP) is 4.76. The monoisotopic (exact) mass is 1520 g/mol. The number of ketones is 1. The second-order valence-electron chi connectivity index (χ2n) is 21.9. The van der Waals surface area contributed by atoms with E-state index in [2.05, 4.69) is 22.0 Å². The molecule has 15 N–H and O–H groups in total. The number of para-hydroxylation sites is 3. The minimum Gasteiger partial charge on any atom is -0.485 e. The molecule has 0 bridgehead atoms. The van der Waals surface area contributed by atoms with E-state index in [1.54, 1.807) is 78.9 Å². The molecule has 8 aromatic rings. The van der Waals surface area contributed by atoms with Gasteiger partial charge in [0.05, 0.1) is 18.0 Å². The molecule has 534 valence electrons. The lowest BCUT2D eigenvalue weighted by Gasteiger charge is -2.27. The molecular weight excluding hydrogens is 1460 g/mol. The zero-order valence-electron chi connectivity index (χ0n) is 51.6. The number of rotatable bonds is 18. The Hall–Kier alpha value is -9.40. The van der Waals surface area contributed by atoms with Crippen molar-refractivity contribution in [3.63, 3.8) is 0 Å². The van der Waals surface area contributed by atoms with Gasteiger partial charge in [0.1, 0.15) is 64.3 Å². The maximum absolute atomic E-state index is 12.4. The van der Waals surface area contributed by atoms with Crippen LogP contribution in [0.5, 0.6) is 57.5 Å². The van der Waals surface area contributed by atoms with Gasteiger partial charge in [0, 0.05) is 35.0 Å². The van der Waals surface area contributed by atoms with Gasteiger partial charge in [-0.05, 0) is 133 Å². The van der Waals surface area contributed by atoms with Crippen LogP contribution in [0, 0.1) is 0 Å². The Morgan fingerprint density at radius 1 is 0.340 bits per heavy atom. The number of fused-ring (bicyclic) bond motifs is 4. The van der Waals surface area contributed by atoms with Crippen LogP contribution in [0.15, 0.2) is 176 Å². The van der Waals surface area contributed by atoms with E-state index < -0.39 is 84.3 Å². The van der Waals surface area contributed by atoms with Gasteiger partial charge < -0.3 is 48.8 Å². The van der Waals surface area contributed by atoms with Crippen LogP contribution in [-0.4, -0.2) is 64.7 Å². The number of nitrogens with one attached hydrogen (secondary N) is 1. The molecule has 4 heterocycles. The number of hydrogen-bond acceptors (Lipinski definition) is 26. The van der Waals surface area contributed by atoms with Gasteiger partial charge in [0.2, 0.25) is 0 Å². The Balaban J connectivity index is 0.000000156.